The molecule has 0 radical (unpaired) electrons. The van der Waals surface area contributed by atoms with Crippen LogP contribution in [0.2, 0.25) is 0 Å². The van der Waals surface area contributed by atoms with Crippen LogP contribution < -0.4 is 15.4 Å². The molecule has 0 aliphatic carbocycles. The molecule has 0 unspecified atom stereocenters. The highest BCUT2D eigenvalue weighted by Crippen LogP contribution is 2.23. The number of carbonyl (C=O) groups is 1. The van der Waals surface area contributed by atoms with Crippen LogP contribution in [0.3, 0.4) is 0 Å². The largest absolute Gasteiger partial charge is 0.424 e. The van der Waals surface area contributed by atoms with Crippen LogP contribution in [-0.4, -0.2) is 16.0 Å². The lowest BCUT2D eigenvalue weighted by atomic mass is 10.2. The Bertz CT molecular complexity index is 903. The van der Waals surface area contributed by atoms with Gasteiger partial charge in [-0.05, 0) is 44.5 Å². The molecular formula is C20H20N4O2. The van der Waals surface area contributed by atoms with E-state index >= 15 is 0 Å². The topological polar surface area (TPSA) is 76.1 Å². The van der Waals surface area contributed by atoms with Crippen LogP contribution in [0.25, 0.3) is 0 Å². The Morgan fingerprint density at radius 1 is 0.846 bits per heavy atom. The molecule has 2 amide bonds. The van der Waals surface area contributed by atoms with Crippen molar-refractivity contribution in [2.75, 3.05) is 10.6 Å². The molecule has 6 heteroatoms. The monoisotopic (exact) mass is 348 g/mol. The molecule has 2 aromatic carbocycles. The number of ether oxygens (including phenoxy) is 1. The lowest BCUT2D eigenvalue weighted by Gasteiger charge is -2.14. The van der Waals surface area contributed by atoms with Crippen LogP contribution >= 0.6 is 0 Å². The predicted molar refractivity (Wildman–Crippen MR) is 102 cm³/mol. The molecule has 26 heavy (non-hydrogen) atoms. The van der Waals surface area contributed by atoms with E-state index in [4.69, 9.17) is 4.74 Å². The van der Waals surface area contributed by atoms with Crippen molar-refractivity contribution in [3.05, 3.63) is 71.5 Å². The average Bonchev–Trinajstić information content (AvgIpc) is 2.61. The van der Waals surface area contributed by atoms with Crippen LogP contribution in [0.15, 0.2) is 54.6 Å². The minimum absolute atomic E-state index is 0.246. The van der Waals surface area contributed by atoms with Gasteiger partial charge in [0.05, 0.1) is 17.1 Å². The molecule has 6 nitrogen and oxygen atoms in total. The van der Waals surface area contributed by atoms with E-state index in [1.807, 2.05) is 61.5 Å². The zero-order chi connectivity index (χ0) is 18.5. The fraction of sp³-hybridized carbons (Fsp3) is 0.150. The van der Waals surface area contributed by atoms with E-state index < -0.39 is 0 Å². The molecule has 0 aliphatic rings. The summed E-state index contributed by atoms with van der Waals surface area (Å²) in [7, 11) is 0. The van der Waals surface area contributed by atoms with E-state index in [1.54, 1.807) is 13.8 Å². The normalized spacial score (nSPS) is 10.3. The first kappa shape index (κ1) is 17.4. The lowest BCUT2D eigenvalue weighted by Crippen LogP contribution is -2.21. The highest BCUT2D eigenvalue weighted by Gasteiger charge is 2.13. The van der Waals surface area contributed by atoms with Crippen LogP contribution in [0, 0.1) is 20.8 Å². The van der Waals surface area contributed by atoms with Crippen LogP contribution in [0.1, 0.15) is 17.0 Å². The Labute approximate surface area is 152 Å². The van der Waals surface area contributed by atoms with Gasteiger partial charge >= 0.3 is 12.0 Å². The number of rotatable bonds is 4. The van der Waals surface area contributed by atoms with Crippen LogP contribution in [-0.2, 0) is 0 Å². The molecule has 0 fully saturated rings. The number of para-hydroxylation sites is 2. The fourth-order valence-electron chi connectivity index (χ4n) is 2.49. The van der Waals surface area contributed by atoms with Crippen molar-refractivity contribution in [1.29, 1.82) is 0 Å². The fourth-order valence-corrected chi connectivity index (χ4v) is 2.49. The van der Waals surface area contributed by atoms with Gasteiger partial charge in [0.2, 0.25) is 0 Å². The lowest BCUT2D eigenvalue weighted by molar-refractivity contribution is 0.262. The number of nitrogens with zero attached hydrogens (tertiary/aromatic N) is 2. The van der Waals surface area contributed by atoms with E-state index in [9.17, 15) is 4.79 Å². The van der Waals surface area contributed by atoms with Crippen molar-refractivity contribution in [1.82, 2.24) is 9.97 Å². The van der Waals surface area contributed by atoms with Crippen molar-refractivity contribution in [3.63, 3.8) is 0 Å². The Hall–Kier alpha value is -3.41. The van der Waals surface area contributed by atoms with Gasteiger partial charge in [0.15, 0.2) is 0 Å². The molecule has 0 saturated carbocycles. The second-order valence-corrected chi connectivity index (χ2v) is 5.86. The summed E-state index contributed by atoms with van der Waals surface area (Å²) in [6, 6.07) is 16.8. The second-order valence-electron chi connectivity index (χ2n) is 5.86. The van der Waals surface area contributed by atoms with Crippen molar-refractivity contribution in [3.8, 4) is 11.8 Å². The summed E-state index contributed by atoms with van der Waals surface area (Å²) in [6.07, 6.45) is 0. The maximum absolute atomic E-state index is 12.3. The molecule has 0 atom stereocenters. The Morgan fingerprint density at radius 2 is 1.46 bits per heavy atom. The predicted octanol–water partition coefficient (Wildman–Crippen LogP) is 4.84. The van der Waals surface area contributed by atoms with Gasteiger partial charge in [-0.3, -0.25) is 0 Å². The standard InChI is InChI=1S/C20H20N4O2/c1-13-9-7-8-12-17(13)23-19(25)24-18-14(2)21-20(22-15(18)3)26-16-10-5-4-6-11-16/h4-12H,1-3H3,(H2,23,24,25). The molecule has 2 N–H and O–H groups in total. The van der Waals surface area contributed by atoms with E-state index in [0.717, 1.165) is 11.3 Å². The average molecular weight is 348 g/mol. The zero-order valence-corrected chi connectivity index (χ0v) is 14.9. The third kappa shape index (κ3) is 4.16. The molecule has 1 aromatic heterocycles. The number of nitrogens with one attached hydrogen (secondary N) is 2. The maximum atomic E-state index is 12.3. The Balaban J connectivity index is 1.74. The molecule has 0 aliphatic heterocycles. The number of aromatic nitrogens is 2. The molecule has 0 bridgehead atoms. The molecule has 3 aromatic rings. The van der Waals surface area contributed by atoms with Crippen molar-refractivity contribution >= 4 is 17.4 Å². The van der Waals surface area contributed by atoms with Gasteiger partial charge in [-0.2, -0.15) is 9.97 Å². The summed E-state index contributed by atoms with van der Waals surface area (Å²) in [5, 5.41) is 5.65. The van der Waals surface area contributed by atoms with Gasteiger partial charge in [-0.15, -0.1) is 0 Å². The molecular weight excluding hydrogens is 328 g/mol. The van der Waals surface area contributed by atoms with Crippen molar-refractivity contribution in [2.24, 2.45) is 0 Å². The number of urea groups is 1. The van der Waals surface area contributed by atoms with Gasteiger partial charge in [0.1, 0.15) is 5.75 Å². The van der Waals surface area contributed by atoms with E-state index in [0.29, 0.717) is 22.8 Å². The minimum Gasteiger partial charge on any atom is -0.424 e. The zero-order valence-electron chi connectivity index (χ0n) is 14.9. The first-order valence-corrected chi connectivity index (χ1v) is 8.24. The molecule has 1 heterocycles. The summed E-state index contributed by atoms with van der Waals surface area (Å²) in [6.45, 7) is 5.54. The Kier molecular flexibility index (Phi) is 5.12. The number of hydrogen-bond acceptors (Lipinski definition) is 4. The number of amides is 2. The Morgan fingerprint density at radius 3 is 2.12 bits per heavy atom. The van der Waals surface area contributed by atoms with Gasteiger partial charge < -0.3 is 15.4 Å². The summed E-state index contributed by atoms with van der Waals surface area (Å²) in [4.78, 5) is 21.0. The summed E-state index contributed by atoms with van der Waals surface area (Å²) in [5.74, 6) is 0.657. The SMILES string of the molecule is Cc1ccccc1NC(=O)Nc1c(C)nc(Oc2ccccc2)nc1C. The van der Waals surface area contributed by atoms with Gasteiger partial charge in [-0.1, -0.05) is 36.4 Å². The van der Waals surface area contributed by atoms with Crippen molar-refractivity contribution < 1.29 is 9.53 Å². The number of benzene rings is 2. The minimum atomic E-state index is -0.342. The molecule has 0 saturated heterocycles. The molecule has 132 valence electrons. The van der Waals surface area contributed by atoms with Gasteiger partial charge in [0.25, 0.3) is 0 Å². The maximum Gasteiger partial charge on any atom is 0.323 e. The van der Waals surface area contributed by atoms with Gasteiger partial charge in [0, 0.05) is 5.69 Å². The quantitative estimate of drug-likeness (QED) is 0.707. The highest BCUT2D eigenvalue weighted by atomic mass is 16.5. The summed E-state index contributed by atoms with van der Waals surface area (Å²) < 4.78 is 5.66. The third-order valence-corrected chi connectivity index (χ3v) is 3.83. The first-order valence-electron chi connectivity index (χ1n) is 8.24. The highest BCUT2D eigenvalue weighted by molar-refractivity contribution is 6.00. The van der Waals surface area contributed by atoms with E-state index in [2.05, 4.69) is 20.6 Å². The van der Waals surface area contributed by atoms with E-state index in [1.165, 1.54) is 0 Å². The van der Waals surface area contributed by atoms with Crippen LogP contribution in [0.5, 0.6) is 11.8 Å². The summed E-state index contributed by atoms with van der Waals surface area (Å²) in [5.41, 5.74) is 3.56. The number of carbonyl (C=O) groups excluding carboxylic acids is 1. The van der Waals surface area contributed by atoms with Gasteiger partial charge in [-0.25, -0.2) is 4.79 Å². The van der Waals surface area contributed by atoms with E-state index in [-0.39, 0.29) is 12.0 Å². The van der Waals surface area contributed by atoms with Crippen molar-refractivity contribution in [2.45, 2.75) is 20.8 Å². The second kappa shape index (κ2) is 7.65. The number of anilines is 2. The van der Waals surface area contributed by atoms with Crippen LogP contribution in [0.4, 0.5) is 16.2 Å². The number of aryl methyl sites for hydroxylation is 3. The summed E-state index contributed by atoms with van der Waals surface area (Å²) >= 11 is 0. The number of hydrogen-bond donors (Lipinski definition) is 2. The first-order chi connectivity index (χ1) is 12.5. The smallest absolute Gasteiger partial charge is 0.323 e. The third-order valence-electron chi connectivity index (χ3n) is 3.83. The molecule has 0 spiro atoms. The molecule has 3 rings (SSSR count).